The van der Waals surface area contributed by atoms with E-state index in [-0.39, 0.29) is 0 Å². The van der Waals surface area contributed by atoms with Gasteiger partial charge < -0.3 is 4.74 Å². The Kier molecular flexibility index (Phi) is 6.93. The van der Waals surface area contributed by atoms with Crippen molar-refractivity contribution in [2.75, 3.05) is 13.2 Å². The second-order valence-corrected chi connectivity index (χ2v) is 1.90. The van der Waals surface area contributed by atoms with E-state index < -0.39 is 0 Å². The minimum Gasteiger partial charge on any atom is -0.382 e. The number of ether oxygens (including phenoxy) is 1. The third-order valence-corrected chi connectivity index (χ3v) is 1.10. The van der Waals surface area contributed by atoms with Crippen molar-refractivity contribution in [3.63, 3.8) is 0 Å². The molecule has 0 heterocycles. The summed E-state index contributed by atoms with van der Waals surface area (Å²) >= 11 is 0. The first-order chi connectivity index (χ1) is 3.91. The first-order valence-corrected chi connectivity index (χ1v) is 3.49. The highest BCUT2D eigenvalue weighted by atomic mass is 16.5. The van der Waals surface area contributed by atoms with Gasteiger partial charge in [-0.25, -0.2) is 0 Å². The van der Waals surface area contributed by atoms with E-state index in [1.807, 2.05) is 6.92 Å². The monoisotopic (exact) mass is 116 g/mol. The van der Waals surface area contributed by atoms with Gasteiger partial charge in [-0.05, 0) is 13.3 Å². The molecule has 0 amide bonds. The predicted molar refractivity (Wildman–Crippen MR) is 36.0 cm³/mol. The molecule has 0 saturated carbocycles. The lowest BCUT2D eigenvalue weighted by Crippen LogP contribution is -1.91. The highest BCUT2D eigenvalue weighted by Gasteiger charge is 1.82. The van der Waals surface area contributed by atoms with Crippen LogP contribution in [0.1, 0.15) is 33.1 Å². The number of hydrogen-bond donors (Lipinski definition) is 0. The fourth-order valence-corrected chi connectivity index (χ4v) is 0.598. The normalized spacial score (nSPS) is 9.75. The average molecular weight is 116 g/mol. The van der Waals surface area contributed by atoms with Crippen LogP contribution in [-0.2, 0) is 4.74 Å². The standard InChI is InChI=1S/C7H16O/c1-3-5-6-7-8-4-2/h3-7H2,1-2H3. The van der Waals surface area contributed by atoms with Gasteiger partial charge in [0.05, 0.1) is 0 Å². The van der Waals surface area contributed by atoms with E-state index in [4.69, 9.17) is 4.74 Å². The van der Waals surface area contributed by atoms with Gasteiger partial charge in [-0.2, -0.15) is 0 Å². The minimum atomic E-state index is 0.865. The average Bonchev–Trinajstić information content (AvgIpc) is 1.81. The molecule has 0 aliphatic carbocycles. The summed E-state index contributed by atoms with van der Waals surface area (Å²) in [7, 11) is 0. The number of unbranched alkanes of at least 4 members (excludes halogenated alkanes) is 2. The van der Waals surface area contributed by atoms with Gasteiger partial charge in [-0.3, -0.25) is 0 Å². The van der Waals surface area contributed by atoms with Gasteiger partial charge in [0.25, 0.3) is 0 Å². The maximum Gasteiger partial charge on any atom is 0.0465 e. The molecule has 0 bridgehead atoms. The predicted octanol–water partition coefficient (Wildman–Crippen LogP) is 2.21. The summed E-state index contributed by atoms with van der Waals surface area (Å²) in [4.78, 5) is 0. The lowest BCUT2D eigenvalue weighted by atomic mass is 10.3. The zero-order chi connectivity index (χ0) is 6.24. The van der Waals surface area contributed by atoms with Crippen molar-refractivity contribution in [2.45, 2.75) is 33.1 Å². The van der Waals surface area contributed by atoms with Crippen LogP contribution in [0.2, 0.25) is 0 Å². The van der Waals surface area contributed by atoms with Gasteiger partial charge in [-0.15, -0.1) is 0 Å². The molecule has 0 aliphatic heterocycles. The van der Waals surface area contributed by atoms with Crippen molar-refractivity contribution in [1.82, 2.24) is 0 Å². The van der Waals surface area contributed by atoms with Crippen molar-refractivity contribution < 1.29 is 4.74 Å². The summed E-state index contributed by atoms with van der Waals surface area (Å²) in [6.45, 7) is 6.05. The van der Waals surface area contributed by atoms with Crippen LogP contribution in [0.4, 0.5) is 0 Å². The van der Waals surface area contributed by atoms with Gasteiger partial charge in [0.1, 0.15) is 0 Å². The number of hydrogen-bond acceptors (Lipinski definition) is 1. The molecule has 50 valence electrons. The zero-order valence-electron chi connectivity index (χ0n) is 5.94. The maximum absolute atomic E-state index is 5.14. The Bertz CT molecular complexity index is 29.4. The van der Waals surface area contributed by atoms with Gasteiger partial charge in [0.2, 0.25) is 0 Å². The molecule has 1 heteroatoms. The SMILES string of the molecule is CCCCCOCC. The molecular weight excluding hydrogens is 100 g/mol. The Labute approximate surface area is 52.0 Å². The molecule has 0 aromatic rings. The highest BCUT2D eigenvalue weighted by Crippen LogP contribution is 1.92. The molecule has 0 atom stereocenters. The molecule has 0 N–H and O–H groups in total. The van der Waals surface area contributed by atoms with Crippen LogP contribution in [0.15, 0.2) is 0 Å². The Hall–Kier alpha value is -0.0400. The van der Waals surface area contributed by atoms with E-state index in [2.05, 4.69) is 6.92 Å². The molecule has 0 saturated heterocycles. The van der Waals surface area contributed by atoms with E-state index in [0.29, 0.717) is 0 Å². The summed E-state index contributed by atoms with van der Waals surface area (Å²) in [6.07, 6.45) is 3.82. The van der Waals surface area contributed by atoms with Crippen molar-refractivity contribution in [3.8, 4) is 0 Å². The first kappa shape index (κ1) is 7.96. The molecule has 0 aliphatic rings. The molecule has 0 unspecified atom stereocenters. The van der Waals surface area contributed by atoms with Crippen LogP contribution in [0.5, 0.6) is 0 Å². The van der Waals surface area contributed by atoms with Crippen LogP contribution in [0.3, 0.4) is 0 Å². The second kappa shape index (κ2) is 6.96. The largest absolute Gasteiger partial charge is 0.382 e. The fourth-order valence-electron chi connectivity index (χ4n) is 0.598. The van der Waals surface area contributed by atoms with Crippen LogP contribution < -0.4 is 0 Å². The molecular formula is C7H16O. The fraction of sp³-hybridized carbons (Fsp3) is 1.00. The molecule has 0 radical (unpaired) electrons. The van der Waals surface area contributed by atoms with E-state index in [0.717, 1.165) is 13.2 Å². The minimum absolute atomic E-state index is 0.865. The highest BCUT2D eigenvalue weighted by molar-refractivity contribution is 4.34. The molecule has 0 rings (SSSR count). The summed E-state index contributed by atoms with van der Waals surface area (Å²) in [5, 5.41) is 0. The topological polar surface area (TPSA) is 9.23 Å². The van der Waals surface area contributed by atoms with Crippen molar-refractivity contribution in [1.29, 1.82) is 0 Å². The second-order valence-electron chi connectivity index (χ2n) is 1.90. The first-order valence-electron chi connectivity index (χ1n) is 3.49. The Morgan fingerprint density at radius 2 is 1.88 bits per heavy atom. The molecule has 0 aromatic carbocycles. The van der Waals surface area contributed by atoms with Gasteiger partial charge in [0.15, 0.2) is 0 Å². The van der Waals surface area contributed by atoms with Crippen molar-refractivity contribution in [2.24, 2.45) is 0 Å². The quantitative estimate of drug-likeness (QED) is 0.500. The zero-order valence-corrected chi connectivity index (χ0v) is 5.94. The van der Waals surface area contributed by atoms with Crippen LogP contribution in [0.25, 0.3) is 0 Å². The third-order valence-electron chi connectivity index (χ3n) is 1.10. The third kappa shape index (κ3) is 5.96. The Morgan fingerprint density at radius 1 is 1.12 bits per heavy atom. The Balaban J connectivity index is 2.53. The van der Waals surface area contributed by atoms with Crippen molar-refractivity contribution >= 4 is 0 Å². The molecule has 1 nitrogen and oxygen atoms in total. The maximum atomic E-state index is 5.14. The van der Waals surface area contributed by atoms with Crippen LogP contribution >= 0.6 is 0 Å². The Morgan fingerprint density at radius 3 is 2.38 bits per heavy atom. The van der Waals surface area contributed by atoms with Gasteiger partial charge >= 0.3 is 0 Å². The summed E-state index contributed by atoms with van der Waals surface area (Å²) < 4.78 is 5.14. The summed E-state index contributed by atoms with van der Waals surface area (Å²) in [5.41, 5.74) is 0. The van der Waals surface area contributed by atoms with Gasteiger partial charge in [0, 0.05) is 13.2 Å². The lowest BCUT2D eigenvalue weighted by Gasteiger charge is -1.96. The number of rotatable bonds is 5. The molecule has 0 aromatic heterocycles. The van der Waals surface area contributed by atoms with E-state index in [1.54, 1.807) is 0 Å². The van der Waals surface area contributed by atoms with E-state index >= 15 is 0 Å². The lowest BCUT2D eigenvalue weighted by molar-refractivity contribution is 0.143. The van der Waals surface area contributed by atoms with Crippen LogP contribution in [-0.4, -0.2) is 13.2 Å². The summed E-state index contributed by atoms with van der Waals surface area (Å²) in [6, 6.07) is 0. The molecule has 0 fully saturated rings. The van der Waals surface area contributed by atoms with E-state index in [9.17, 15) is 0 Å². The smallest absolute Gasteiger partial charge is 0.0465 e. The summed E-state index contributed by atoms with van der Waals surface area (Å²) in [5.74, 6) is 0. The van der Waals surface area contributed by atoms with Crippen molar-refractivity contribution in [3.05, 3.63) is 0 Å². The van der Waals surface area contributed by atoms with E-state index in [1.165, 1.54) is 19.3 Å². The molecule has 0 spiro atoms. The molecule has 8 heavy (non-hydrogen) atoms. The van der Waals surface area contributed by atoms with Gasteiger partial charge in [-0.1, -0.05) is 19.8 Å². The van der Waals surface area contributed by atoms with Crippen LogP contribution in [0, 0.1) is 0 Å².